The van der Waals surface area contributed by atoms with Crippen molar-refractivity contribution >= 4 is 45.2 Å². The summed E-state index contributed by atoms with van der Waals surface area (Å²) in [4.78, 5) is 27.7. The van der Waals surface area contributed by atoms with Crippen LogP contribution < -0.4 is 0 Å². The topological polar surface area (TPSA) is 59.9 Å². The van der Waals surface area contributed by atoms with Crippen LogP contribution in [0.5, 0.6) is 0 Å². The maximum Gasteiger partial charge on any atom is 0.450 e. The predicted octanol–water partition coefficient (Wildman–Crippen LogP) is 5.24. The van der Waals surface area contributed by atoms with Crippen molar-refractivity contribution in [1.29, 1.82) is 0 Å². The van der Waals surface area contributed by atoms with Crippen molar-refractivity contribution in [2.75, 3.05) is 0 Å². The first kappa shape index (κ1) is 25.5. The molecule has 0 saturated carbocycles. The van der Waals surface area contributed by atoms with Gasteiger partial charge in [-0.15, -0.1) is 0 Å². The second kappa shape index (κ2) is 12.9. The van der Waals surface area contributed by atoms with Gasteiger partial charge in [0.25, 0.3) is 0 Å². The van der Waals surface area contributed by atoms with Crippen molar-refractivity contribution in [3.05, 3.63) is 71.7 Å². The van der Waals surface area contributed by atoms with Crippen molar-refractivity contribution in [1.82, 2.24) is 9.97 Å². The van der Waals surface area contributed by atoms with E-state index in [0.29, 0.717) is 0 Å². The summed E-state index contributed by atoms with van der Waals surface area (Å²) >= 11 is 1.71. The van der Waals surface area contributed by atoms with Crippen molar-refractivity contribution < 1.29 is 72.1 Å². The number of fused-ring (bicyclic) bond motifs is 3. The summed E-state index contributed by atoms with van der Waals surface area (Å²) in [6.07, 6.45) is -2.40. The third-order valence-electron chi connectivity index (χ3n) is 3.36. The van der Waals surface area contributed by atoms with E-state index in [2.05, 4.69) is 28.2 Å². The minimum absolute atomic E-state index is 0. The third kappa shape index (κ3) is 8.38. The molecule has 0 saturated heterocycles. The summed E-state index contributed by atoms with van der Waals surface area (Å²) in [5, 5.41) is 6.36. The van der Waals surface area contributed by atoms with Gasteiger partial charge in [-0.05, 0) is 35.0 Å². The fraction of sp³-hybridized carbons (Fsp3) is 0.100. The van der Waals surface area contributed by atoms with E-state index in [1.165, 1.54) is 0 Å². The molecule has 0 spiro atoms. The summed E-state index contributed by atoms with van der Waals surface area (Å²) < 4.78 is 33.4. The normalized spacial score (nSPS) is 10.0. The van der Waals surface area contributed by atoms with Crippen LogP contribution in [0.15, 0.2) is 71.7 Å². The molecule has 0 aliphatic rings. The van der Waals surface area contributed by atoms with Crippen LogP contribution in [0.25, 0.3) is 21.8 Å². The molecule has 0 bridgehead atoms. The number of alkyl halides is 3. The van der Waals surface area contributed by atoms with Crippen LogP contribution in [0.4, 0.5) is 13.2 Å². The van der Waals surface area contributed by atoms with Gasteiger partial charge in [-0.1, -0.05) is 24.3 Å². The zero-order chi connectivity index (χ0) is 20.4. The zero-order valence-electron chi connectivity index (χ0n) is 14.8. The van der Waals surface area contributed by atoms with E-state index < -0.39 is 18.4 Å². The molecule has 9 heteroatoms. The van der Waals surface area contributed by atoms with Gasteiger partial charge in [0.05, 0.1) is 17.5 Å². The maximum atomic E-state index is 11.1. The Morgan fingerprint density at radius 2 is 1.62 bits per heavy atom. The van der Waals surface area contributed by atoms with Crippen LogP contribution in [0.2, 0.25) is 0 Å². The first-order chi connectivity index (χ1) is 13.4. The average Bonchev–Trinajstić information content (AvgIpc) is 3.28. The maximum absolute atomic E-state index is 11.1. The van der Waals surface area contributed by atoms with Crippen LogP contribution >= 0.6 is 11.3 Å². The average molecular weight is 556 g/mol. The molecule has 4 rings (SSSR count). The molecule has 0 atom stereocenters. The summed E-state index contributed by atoms with van der Waals surface area (Å²) in [6.45, 7) is 0. The number of halogens is 3. The van der Waals surface area contributed by atoms with Gasteiger partial charge in [-0.25, -0.2) is 0 Å². The number of benzene rings is 1. The van der Waals surface area contributed by atoms with Crippen LogP contribution in [-0.4, -0.2) is 28.2 Å². The number of thiophene rings is 1. The third-order valence-corrected chi connectivity index (χ3v) is 3.99. The molecule has 0 amide bonds. The van der Waals surface area contributed by atoms with Gasteiger partial charge >= 0.3 is 6.18 Å². The molecule has 4 nitrogen and oxygen atoms in total. The number of carbonyl (C=O) groups is 2. The van der Waals surface area contributed by atoms with Gasteiger partial charge in [-0.3, -0.25) is 14.8 Å². The summed E-state index contributed by atoms with van der Waals surface area (Å²) in [7, 11) is 0. The molecular weight excluding hydrogens is 541 g/mol. The SMILES string of the molecule is O=CCC(=O)C(F)(F)F.[Eu].c1ccsc1.c1cnc2c(c1)ccc1ncccc12. The number of Topliss-reactive ketones (excluding diaryl/α,β-unsaturated/α-hetero) is 1. The van der Waals surface area contributed by atoms with E-state index in [1.54, 1.807) is 17.5 Å². The number of hydrogen-bond acceptors (Lipinski definition) is 5. The Labute approximate surface area is 209 Å². The van der Waals surface area contributed by atoms with Crippen LogP contribution in [0, 0.1) is 49.4 Å². The van der Waals surface area contributed by atoms with Crippen molar-refractivity contribution in [2.45, 2.75) is 12.6 Å². The van der Waals surface area contributed by atoms with Gasteiger partial charge in [0, 0.05) is 72.5 Å². The molecule has 0 aliphatic heterocycles. The van der Waals surface area contributed by atoms with Crippen molar-refractivity contribution in [3.8, 4) is 0 Å². The Morgan fingerprint density at radius 3 is 2.17 bits per heavy atom. The monoisotopic (exact) mass is 557 g/mol. The standard InChI is InChI=1S/C12H8N2.C4H3F3O2.C4H4S.Eu/c1-3-9-5-6-11-10(4-2-7-13-11)12(9)14-8-1;5-4(6,7)3(9)1-2-8;1-2-4-5-3-1;/h1-8H;2H,1H2;1-4H;. The molecule has 0 unspecified atom stereocenters. The van der Waals surface area contributed by atoms with Crippen molar-refractivity contribution in [3.63, 3.8) is 0 Å². The van der Waals surface area contributed by atoms with E-state index in [-0.39, 0.29) is 55.7 Å². The number of carbonyl (C=O) groups excluding carboxylic acids is 2. The second-order valence-corrected chi connectivity index (χ2v) is 6.11. The summed E-state index contributed by atoms with van der Waals surface area (Å²) in [5.41, 5.74) is 2.02. The minimum Gasteiger partial charge on any atom is -0.303 e. The number of rotatable bonds is 2. The molecule has 0 aliphatic carbocycles. The molecule has 1 aromatic carbocycles. The Hall–Kier alpha value is -1.55. The van der Waals surface area contributed by atoms with Gasteiger partial charge in [-0.2, -0.15) is 24.5 Å². The molecule has 0 N–H and O–H groups in total. The number of aldehydes is 1. The van der Waals surface area contributed by atoms with E-state index in [1.807, 2.05) is 47.3 Å². The van der Waals surface area contributed by atoms with E-state index >= 15 is 0 Å². The van der Waals surface area contributed by atoms with E-state index in [4.69, 9.17) is 0 Å². The van der Waals surface area contributed by atoms with E-state index in [9.17, 15) is 22.8 Å². The van der Waals surface area contributed by atoms with Crippen molar-refractivity contribution in [2.24, 2.45) is 0 Å². The number of pyridine rings is 2. The van der Waals surface area contributed by atoms with Crippen LogP contribution in [0.1, 0.15) is 6.42 Å². The number of aromatic nitrogens is 2. The Balaban J connectivity index is 0.000000243. The molecule has 3 aromatic heterocycles. The molecule has 3 heterocycles. The van der Waals surface area contributed by atoms with Gasteiger partial charge in [0.2, 0.25) is 5.78 Å². The predicted molar refractivity (Wildman–Crippen MR) is 103 cm³/mol. The van der Waals surface area contributed by atoms with E-state index in [0.717, 1.165) is 21.8 Å². The smallest absolute Gasteiger partial charge is 0.303 e. The van der Waals surface area contributed by atoms with Gasteiger partial charge in [0.15, 0.2) is 0 Å². The molecule has 4 aromatic rings. The molecular formula is C20H15EuF3N2O2S. The zero-order valence-corrected chi connectivity index (χ0v) is 18.1. The number of nitrogens with zero attached hydrogens (tertiary/aromatic N) is 2. The Bertz CT molecular complexity index is 969. The first-order valence-electron chi connectivity index (χ1n) is 8.02. The summed E-state index contributed by atoms with van der Waals surface area (Å²) in [6, 6.07) is 16.1. The first-order valence-corrected chi connectivity index (χ1v) is 8.97. The number of ketones is 1. The quantitative estimate of drug-likeness (QED) is 0.193. The fourth-order valence-electron chi connectivity index (χ4n) is 2.11. The second-order valence-electron chi connectivity index (χ2n) is 5.30. The molecule has 151 valence electrons. The largest absolute Gasteiger partial charge is 0.450 e. The van der Waals surface area contributed by atoms with Gasteiger partial charge < -0.3 is 4.79 Å². The molecule has 1 radical (unpaired) electrons. The molecule has 29 heavy (non-hydrogen) atoms. The molecule has 0 fully saturated rings. The summed E-state index contributed by atoms with van der Waals surface area (Å²) in [5.74, 6) is -2.00. The Morgan fingerprint density at radius 1 is 0.966 bits per heavy atom. The van der Waals surface area contributed by atoms with Gasteiger partial charge in [0.1, 0.15) is 6.29 Å². The fourth-order valence-corrected chi connectivity index (χ4v) is 2.57. The van der Waals surface area contributed by atoms with Crippen LogP contribution in [-0.2, 0) is 9.59 Å². The Kier molecular flexibility index (Phi) is 11.3. The minimum atomic E-state index is -4.86. The van der Waals surface area contributed by atoms with Crippen LogP contribution in [0.3, 0.4) is 0 Å². The number of hydrogen-bond donors (Lipinski definition) is 0.